The van der Waals surface area contributed by atoms with Crippen LogP contribution in [0.25, 0.3) is 45.0 Å². The van der Waals surface area contributed by atoms with Gasteiger partial charge in [-0.05, 0) is 146 Å². The Labute approximate surface area is 424 Å². The molecule has 0 saturated heterocycles. The van der Waals surface area contributed by atoms with Crippen LogP contribution in [0.4, 0.5) is 8.78 Å². The molecular weight excluding hydrogens is 899 g/mol. The maximum absolute atomic E-state index is 13.7. The normalized spacial score (nSPS) is 10.7. The average molecular weight is 963 g/mol. The van der Waals surface area contributed by atoms with Crippen molar-refractivity contribution in [1.29, 1.82) is 0 Å². The number of rotatable bonds is 21. The van der Waals surface area contributed by atoms with E-state index in [0.29, 0.717) is 12.2 Å². The van der Waals surface area contributed by atoms with Gasteiger partial charge in [-0.25, -0.2) is 18.7 Å². The number of nitrogens with zero attached hydrogens (tertiary/aromatic N) is 6. The van der Waals surface area contributed by atoms with Crippen LogP contribution < -0.4 is 4.74 Å². The highest BCUT2D eigenvalue weighted by Gasteiger charge is 2.21. The molecule has 0 bridgehead atoms. The van der Waals surface area contributed by atoms with Crippen molar-refractivity contribution >= 4 is 0 Å². The highest BCUT2D eigenvalue weighted by molar-refractivity contribution is 5.80. The number of aryl methyl sites for hydroxylation is 2. The Hall–Kier alpha value is -7.66. The molecule has 10 heteroatoms. The molecule has 4 aromatic carbocycles. The number of pyridine rings is 2. The van der Waals surface area contributed by atoms with Crippen molar-refractivity contribution in [2.75, 3.05) is 13.7 Å². The van der Waals surface area contributed by atoms with E-state index >= 15 is 0 Å². The molecule has 0 fully saturated rings. The van der Waals surface area contributed by atoms with Crippen molar-refractivity contribution in [1.82, 2.24) is 29.1 Å². The molecule has 72 heavy (non-hydrogen) atoms. The van der Waals surface area contributed by atoms with Crippen molar-refractivity contribution in [3.05, 3.63) is 187 Å². The van der Waals surface area contributed by atoms with Crippen molar-refractivity contribution in [3.8, 4) is 74.5 Å². The number of aromatic nitrogens is 6. The lowest BCUT2D eigenvalue weighted by Crippen LogP contribution is -2.05. The second-order valence-corrected chi connectivity index (χ2v) is 17.5. The minimum atomic E-state index is -0.282. The summed E-state index contributed by atoms with van der Waals surface area (Å²) in [6.45, 7) is 3.77. The van der Waals surface area contributed by atoms with Crippen LogP contribution >= 0.6 is 0 Å². The van der Waals surface area contributed by atoms with E-state index in [1.807, 2.05) is 42.5 Å². The molecule has 0 amide bonds. The molecular formula is C62H64F2N6O2. The van der Waals surface area contributed by atoms with Crippen LogP contribution in [0.15, 0.2) is 152 Å². The Kier molecular flexibility index (Phi) is 20.5. The van der Waals surface area contributed by atoms with Gasteiger partial charge in [0.15, 0.2) is 11.6 Å². The lowest BCUT2D eigenvalue weighted by Gasteiger charge is -2.12. The summed E-state index contributed by atoms with van der Waals surface area (Å²) in [4.78, 5) is 18.3. The molecule has 0 aliphatic carbocycles. The molecule has 0 spiro atoms. The molecule has 0 aliphatic heterocycles. The third-order valence-electron chi connectivity index (χ3n) is 12.3. The Balaban J connectivity index is 0.000000213. The monoisotopic (exact) mass is 963 g/mol. The quantitative estimate of drug-likeness (QED) is 0.0570. The summed E-state index contributed by atoms with van der Waals surface area (Å²) < 4.78 is 37.0. The number of hydrogen-bond acceptors (Lipinski definition) is 6. The van der Waals surface area contributed by atoms with Gasteiger partial charge in [0, 0.05) is 73.0 Å². The second-order valence-electron chi connectivity index (χ2n) is 17.5. The minimum Gasteiger partial charge on any atom is -0.497 e. The predicted octanol–water partition coefficient (Wildman–Crippen LogP) is 14.0. The van der Waals surface area contributed by atoms with Crippen molar-refractivity contribution in [2.45, 2.75) is 103 Å². The van der Waals surface area contributed by atoms with E-state index in [-0.39, 0.29) is 18.2 Å². The third-order valence-corrected chi connectivity index (χ3v) is 12.3. The number of methoxy groups -OCH3 is 1. The first kappa shape index (κ1) is 52.2. The molecule has 368 valence electrons. The van der Waals surface area contributed by atoms with E-state index in [4.69, 9.17) is 14.7 Å². The number of aliphatic hydroxyl groups is 1. The predicted molar refractivity (Wildman–Crippen MR) is 286 cm³/mol. The zero-order chi connectivity index (χ0) is 50.2. The number of unbranched alkanes of at least 4 members (excludes halogenated alkanes) is 7. The molecule has 0 aliphatic rings. The smallest absolute Gasteiger partial charge is 0.186 e. The standard InChI is InChI=1S/C33H36FN3O.C29H28FN3O/c1-3-4-5-6-7-8-9-12-31-36-32(27-15-17-29(34)18-16-27)33(28-21-23-35-24-22-28)37(31)25-10-11-26-13-19-30(38-2)20-14-26;30-26-15-13-24(14-16-26)28-29(25-17-19-31-20-18-25)33(27(32-28)12-6-8-22-34)21-7-2-5-11-23-9-3-1-4-10-23/h13-24H,3-8,10-11,25H2,1-2H3;1,3-4,9-10,13-20,34H,2,5,7-8,11,21-22H2. The summed E-state index contributed by atoms with van der Waals surface area (Å²) in [6, 6.07) is 39.6. The van der Waals surface area contributed by atoms with E-state index in [1.54, 1.807) is 56.2 Å². The zero-order valence-corrected chi connectivity index (χ0v) is 41.5. The van der Waals surface area contributed by atoms with Crippen LogP contribution in [0.3, 0.4) is 0 Å². The first-order valence-electron chi connectivity index (χ1n) is 25.2. The largest absolute Gasteiger partial charge is 0.497 e. The Morgan fingerprint density at radius 2 is 0.986 bits per heavy atom. The van der Waals surface area contributed by atoms with Crippen LogP contribution in [0.1, 0.15) is 100 Å². The fraction of sp³-hybridized carbons (Fsp3) is 0.290. The molecule has 0 radical (unpaired) electrons. The third kappa shape index (κ3) is 15.2. The van der Waals surface area contributed by atoms with Crippen molar-refractivity contribution in [3.63, 3.8) is 0 Å². The summed E-state index contributed by atoms with van der Waals surface area (Å²) in [5.74, 6) is 14.6. The first-order valence-corrected chi connectivity index (χ1v) is 25.2. The average Bonchev–Trinajstić information content (AvgIpc) is 3.97. The lowest BCUT2D eigenvalue weighted by molar-refractivity contribution is 0.305. The zero-order valence-electron chi connectivity index (χ0n) is 41.5. The Bertz CT molecular complexity index is 2990. The summed E-state index contributed by atoms with van der Waals surface area (Å²) >= 11 is 0. The summed E-state index contributed by atoms with van der Waals surface area (Å²) in [7, 11) is 1.68. The van der Waals surface area contributed by atoms with Crippen LogP contribution in [-0.4, -0.2) is 47.9 Å². The maximum atomic E-state index is 13.7. The molecule has 4 heterocycles. The van der Waals surface area contributed by atoms with Gasteiger partial charge in [-0.15, -0.1) is 0 Å². The van der Waals surface area contributed by atoms with Gasteiger partial charge < -0.3 is 19.0 Å². The molecule has 0 unspecified atom stereocenters. The maximum Gasteiger partial charge on any atom is 0.186 e. The number of halogens is 2. The van der Waals surface area contributed by atoms with Gasteiger partial charge >= 0.3 is 0 Å². The highest BCUT2D eigenvalue weighted by Crippen LogP contribution is 2.35. The molecule has 8 rings (SSSR count). The number of aliphatic hydroxyl groups excluding tert-OH is 1. The van der Waals surface area contributed by atoms with Gasteiger partial charge in [0.05, 0.1) is 36.5 Å². The van der Waals surface area contributed by atoms with Gasteiger partial charge in [-0.1, -0.05) is 93.3 Å². The molecule has 1 N–H and O–H groups in total. The summed E-state index contributed by atoms with van der Waals surface area (Å²) in [5.41, 5.74) is 9.84. The second kappa shape index (κ2) is 28.3. The number of ether oxygens (including phenoxy) is 1. The summed E-state index contributed by atoms with van der Waals surface area (Å²) in [6.07, 6.45) is 20.5. The summed E-state index contributed by atoms with van der Waals surface area (Å²) in [5, 5.41) is 9.18. The molecule has 4 aromatic heterocycles. The fourth-order valence-corrected chi connectivity index (χ4v) is 8.56. The van der Waals surface area contributed by atoms with Crippen LogP contribution in [0, 0.1) is 35.3 Å². The van der Waals surface area contributed by atoms with Gasteiger partial charge in [-0.2, -0.15) is 0 Å². The fourth-order valence-electron chi connectivity index (χ4n) is 8.56. The van der Waals surface area contributed by atoms with Crippen LogP contribution in [0.5, 0.6) is 5.75 Å². The van der Waals surface area contributed by atoms with Gasteiger partial charge in [-0.3, -0.25) is 9.97 Å². The van der Waals surface area contributed by atoms with Crippen LogP contribution in [0.2, 0.25) is 0 Å². The van der Waals surface area contributed by atoms with Crippen molar-refractivity contribution in [2.24, 2.45) is 0 Å². The number of hydrogen-bond donors (Lipinski definition) is 1. The van der Waals surface area contributed by atoms with Gasteiger partial charge in [0.1, 0.15) is 17.4 Å². The van der Waals surface area contributed by atoms with E-state index < -0.39 is 0 Å². The SMILES string of the molecule is CCCCCCCC#Cc1nc(-c2ccc(F)cc2)c(-c2ccncc2)n1CCCc1ccc(OC)cc1.OCCC#Cc1nc(-c2ccc(F)cc2)c(-c2ccncc2)n1CCCCCc1ccccc1. The van der Waals surface area contributed by atoms with E-state index in [1.165, 1.54) is 61.1 Å². The lowest BCUT2D eigenvalue weighted by atomic mass is 10.0. The van der Waals surface area contributed by atoms with E-state index in [9.17, 15) is 13.9 Å². The molecule has 8 aromatic rings. The molecule has 0 saturated carbocycles. The van der Waals surface area contributed by atoms with Crippen molar-refractivity contribution < 1.29 is 18.6 Å². The number of imidazole rings is 2. The Morgan fingerprint density at radius 1 is 0.500 bits per heavy atom. The van der Waals surface area contributed by atoms with Gasteiger partial charge in [0.2, 0.25) is 0 Å². The topological polar surface area (TPSA) is 90.9 Å². The molecule has 8 nitrogen and oxygen atoms in total. The van der Waals surface area contributed by atoms with E-state index in [0.717, 1.165) is 121 Å². The Morgan fingerprint density at radius 3 is 1.51 bits per heavy atom. The van der Waals surface area contributed by atoms with E-state index in [2.05, 4.69) is 86.1 Å². The van der Waals surface area contributed by atoms with Gasteiger partial charge in [0.25, 0.3) is 0 Å². The minimum absolute atomic E-state index is 0.00915. The highest BCUT2D eigenvalue weighted by atomic mass is 19.1. The van der Waals surface area contributed by atoms with Crippen LogP contribution in [-0.2, 0) is 25.9 Å². The first-order chi connectivity index (χ1) is 35.4. The molecule has 0 atom stereocenters. The number of benzene rings is 4.